The third-order valence-corrected chi connectivity index (χ3v) is 7.19. The van der Waals surface area contributed by atoms with Crippen LogP contribution in [0.4, 0.5) is 8.78 Å². The van der Waals surface area contributed by atoms with Gasteiger partial charge < -0.3 is 9.47 Å². The van der Waals surface area contributed by atoms with Gasteiger partial charge in [-0.2, -0.15) is 4.39 Å². The van der Waals surface area contributed by atoms with Crippen LogP contribution in [-0.4, -0.2) is 13.4 Å². The molecule has 2 fully saturated rings. The molecule has 0 saturated heterocycles. The molecule has 2 aliphatic carbocycles. The second kappa shape index (κ2) is 11.3. The van der Waals surface area contributed by atoms with Crippen LogP contribution in [0, 0.1) is 29.4 Å². The van der Waals surface area contributed by atoms with Gasteiger partial charge in [0.1, 0.15) is 0 Å². The Morgan fingerprint density at radius 2 is 1.48 bits per heavy atom. The fraction of sp³-hybridized carbons (Fsp3) is 0.760. The molecule has 0 radical (unpaired) electrons. The highest BCUT2D eigenvalue weighted by Crippen LogP contribution is 2.45. The highest BCUT2D eigenvalue weighted by molar-refractivity contribution is 5.33. The Bertz CT molecular complexity index is 617. The van der Waals surface area contributed by atoms with Gasteiger partial charge in [-0.15, -0.1) is 0 Å². The largest absolute Gasteiger partial charge is 0.464 e. The lowest BCUT2D eigenvalue weighted by molar-refractivity contribution is 0.0131. The first-order valence-corrected chi connectivity index (χ1v) is 11.8. The average molecular weight is 409 g/mol. The van der Waals surface area contributed by atoms with Gasteiger partial charge in [-0.25, -0.2) is 4.39 Å². The Hall–Kier alpha value is -1.16. The summed E-state index contributed by atoms with van der Waals surface area (Å²) in [6.07, 6.45) is 13.3. The Balaban J connectivity index is 1.51. The summed E-state index contributed by atoms with van der Waals surface area (Å²) in [5, 5.41) is 0. The normalized spacial score (nSPS) is 27.7. The number of ether oxygens (including phenoxy) is 2. The van der Waals surface area contributed by atoms with Crippen molar-refractivity contribution in [2.45, 2.75) is 90.4 Å². The minimum absolute atomic E-state index is 0.0465. The molecular formula is C25H38F2O2. The predicted molar refractivity (Wildman–Crippen MR) is 113 cm³/mol. The molecule has 0 spiro atoms. The van der Waals surface area contributed by atoms with Crippen LogP contribution >= 0.6 is 0 Å². The van der Waals surface area contributed by atoms with Gasteiger partial charge in [0.05, 0.1) is 6.61 Å². The Labute approximate surface area is 175 Å². The molecule has 4 heteroatoms. The van der Waals surface area contributed by atoms with Crippen molar-refractivity contribution in [3.8, 4) is 5.75 Å². The van der Waals surface area contributed by atoms with Gasteiger partial charge in [0.25, 0.3) is 0 Å². The summed E-state index contributed by atoms with van der Waals surface area (Å²) < 4.78 is 39.6. The molecule has 0 heterocycles. The summed E-state index contributed by atoms with van der Waals surface area (Å²) in [6.45, 7) is 4.77. The van der Waals surface area contributed by atoms with E-state index in [1.165, 1.54) is 38.5 Å². The van der Waals surface area contributed by atoms with Crippen LogP contribution < -0.4 is 4.74 Å². The lowest BCUT2D eigenvalue weighted by atomic mass is 9.68. The zero-order valence-corrected chi connectivity index (χ0v) is 18.2. The van der Waals surface area contributed by atoms with Crippen molar-refractivity contribution in [3.63, 3.8) is 0 Å². The number of rotatable bonds is 9. The third-order valence-electron chi connectivity index (χ3n) is 7.19. The molecule has 0 unspecified atom stereocenters. The van der Waals surface area contributed by atoms with Crippen LogP contribution in [0.15, 0.2) is 12.1 Å². The van der Waals surface area contributed by atoms with Crippen LogP contribution in [0.5, 0.6) is 5.75 Å². The standard InChI is InChI=1S/C25H38F2O2/c1-3-5-18-6-8-19(9-7-18)20-10-12-21(13-11-20)22-14-15-23(25(27)24(22)26)29-17-28-16-4-2/h14-15,18-21H,3-13,16-17H2,1-2H3. The zero-order valence-electron chi connectivity index (χ0n) is 18.2. The predicted octanol–water partition coefficient (Wildman–Crippen LogP) is 7.61. The van der Waals surface area contributed by atoms with Crippen molar-refractivity contribution < 1.29 is 18.3 Å². The maximum atomic E-state index is 14.7. The van der Waals surface area contributed by atoms with Crippen LogP contribution in [0.1, 0.15) is 96.0 Å². The molecule has 0 aromatic heterocycles. The molecule has 2 aliphatic rings. The monoisotopic (exact) mass is 408 g/mol. The summed E-state index contributed by atoms with van der Waals surface area (Å²) in [5.41, 5.74) is 0.523. The molecule has 0 aliphatic heterocycles. The number of benzene rings is 1. The van der Waals surface area contributed by atoms with Crippen LogP contribution in [0.3, 0.4) is 0 Å². The Kier molecular flexibility index (Phi) is 8.77. The van der Waals surface area contributed by atoms with E-state index < -0.39 is 11.6 Å². The van der Waals surface area contributed by atoms with Gasteiger partial charge >= 0.3 is 0 Å². The number of halogens is 2. The van der Waals surface area contributed by atoms with Crippen molar-refractivity contribution in [2.24, 2.45) is 17.8 Å². The van der Waals surface area contributed by atoms with Crippen LogP contribution in [-0.2, 0) is 4.74 Å². The molecule has 1 aromatic rings. The molecule has 1 aromatic carbocycles. The molecule has 2 saturated carbocycles. The first kappa shape index (κ1) is 22.5. The minimum atomic E-state index is -0.876. The van der Waals surface area contributed by atoms with Gasteiger partial charge in [-0.05, 0) is 80.2 Å². The van der Waals surface area contributed by atoms with Gasteiger partial charge in [0.2, 0.25) is 5.82 Å². The molecule has 2 nitrogen and oxygen atoms in total. The van der Waals surface area contributed by atoms with E-state index in [1.54, 1.807) is 12.1 Å². The van der Waals surface area contributed by atoms with Gasteiger partial charge in [-0.3, -0.25) is 0 Å². The molecule has 29 heavy (non-hydrogen) atoms. The fourth-order valence-electron chi connectivity index (χ4n) is 5.54. The molecule has 164 valence electrons. The van der Waals surface area contributed by atoms with Crippen LogP contribution in [0.2, 0.25) is 0 Å². The van der Waals surface area contributed by atoms with E-state index in [0.717, 1.165) is 49.9 Å². The fourth-order valence-corrected chi connectivity index (χ4v) is 5.54. The molecule has 0 amide bonds. The lowest BCUT2D eigenvalue weighted by Gasteiger charge is -2.38. The van der Waals surface area contributed by atoms with E-state index in [0.29, 0.717) is 12.2 Å². The maximum absolute atomic E-state index is 14.7. The quantitative estimate of drug-likeness (QED) is 0.309. The average Bonchev–Trinajstić information content (AvgIpc) is 2.75. The van der Waals surface area contributed by atoms with E-state index in [2.05, 4.69) is 6.92 Å². The van der Waals surface area contributed by atoms with Crippen molar-refractivity contribution in [3.05, 3.63) is 29.3 Å². The smallest absolute Gasteiger partial charge is 0.201 e. The SMILES string of the molecule is CCCOCOc1ccc(C2CCC(C3CCC(CCC)CC3)CC2)c(F)c1F. The Morgan fingerprint density at radius 1 is 0.828 bits per heavy atom. The van der Waals surface area contributed by atoms with Gasteiger partial charge in [0, 0.05) is 0 Å². The highest BCUT2D eigenvalue weighted by Gasteiger charge is 2.32. The zero-order chi connectivity index (χ0) is 20.6. The van der Waals surface area contributed by atoms with Crippen molar-refractivity contribution in [1.29, 1.82) is 0 Å². The molecule has 0 atom stereocenters. The van der Waals surface area contributed by atoms with E-state index in [4.69, 9.17) is 9.47 Å². The van der Waals surface area contributed by atoms with Crippen molar-refractivity contribution >= 4 is 0 Å². The summed E-state index contributed by atoms with van der Waals surface area (Å²) >= 11 is 0. The minimum Gasteiger partial charge on any atom is -0.464 e. The topological polar surface area (TPSA) is 18.5 Å². The van der Waals surface area contributed by atoms with Gasteiger partial charge in [-0.1, -0.05) is 45.6 Å². The first-order valence-electron chi connectivity index (χ1n) is 11.8. The summed E-state index contributed by atoms with van der Waals surface area (Å²) in [6, 6.07) is 3.28. The second-order valence-corrected chi connectivity index (χ2v) is 9.13. The third kappa shape index (κ3) is 5.93. The summed E-state index contributed by atoms with van der Waals surface area (Å²) in [7, 11) is 0. The molecule has 3 rings (SSSR count). The molecular weight excluding hydrogens is 370 g/mol. The number of hydrogen-bond donors (Lipinski definition) is 0. The van der Waals surface area contributed by atoms with Gasteiger partial charge in [0.15, 0.2) is 18.4 Å². The Morgan fingerprint density at radius 3 is 2.10 bits per heavy atom. The van der Waals surface area contributed by atoms with E-state index >= 15 is 0 Å². The highest BCUT2D eigenvalue weighted by atomic mass is 19.2. The van der Waals surface area contributed by atoms with E-state index in [1.807, 2.05) is 6.92 Å². The first-order chi connectivity index (χ1) is 14.1. The summed E-state index contributed by atoms with van der Waals surface area (Å²) in [4.78, 5) is 0. The molecule has 0 bridgehead atoms. The van der Waals surface area contributed by atoms with Crippen molar-refractivity contribution in [2.75, 3.05) is 13.4 Å². The molecule has 0 N–H and O–H groups in total. The maximum Gasteiger partial charge on any atom is 0.201 e. The van der Waals surface area contributed by atoms with Crippen LogP contribution in [0.25, 0.3) is 0 Å². The summed E-state index contributed by atoms with van der Waals surface area (Å²) in [5.74, 6) is 1.03. The van der Waals surface area contributed by atoms with E-state index in [-0.39, 0.29) is 18.5 Å². The second-order valence-electron chi connectivity index (χ2n) is 9.13. The number of hydrogen-bond acceptors (Lipinski definition) is 2. The van der Waals surface area contributed by atoms with Crippen molar-refractivity contribution in [1.82, 2.24) is 0 Å². The lowest BCUT2D eigenvalue weighted by Crippen LogP contribution is -2.25. The van der Waals surface area contributed by atoms with E-state index in [9.17, 15) is 8.78 Å².